The van der Waals surface area contributed by atoms with E-state index in [-0.39, 0.29) is 12.1 Å². The van der Waals surface area contributed by atoms with Crippen LogP contribution in [0.15, 0.2) is 0 Å². The molecule has 2 atom stereocenters. The van der Waals surface area contributed by atoms with Crippen LogP contribution in [0.4, 0.5) is 4.79 Å². The lowest BCUT2D eigenvalue weighted by Crippen LogP contribution is -2.56. The van der Waals surface area contributed by atoms with Crippen molar-refractivity contribution in [2.75, 3.05) is 13.1 Å². The number of hydrogen-bond donors (Lipinski definition) is 1. The third-order valence-corrected chi connectivity index (χ3v) is 5.01. The highest BCUT2D eigenvalue weighted by atomic mass is 16.6. The van der Waals surface area contributed by atoms with Crippen LogP contribution in [0.25, 0.3) is 0 Å². The second kappa shape index (κ2) is 7.67. The van der Waals surface area contributed by atoms with Gasteiger partial charge in [0, 0.05) is 18.6 Å². The number of hydrogen-bond acceptors (Lipinski definition) is 3. The van der Waals surface area contributed by atoms with Crippen LogP contribution in [0, 0.1) is 5.92 Å². The van der Waals surface area contributed by atoms with Crippen molar-refractivity contribution in [3.05, 3.63) is 0 Å². The van der Waals surface area contributed by atoms with E-state index in [1.807, 2.05) is 25.7 Å². The fourth-order valence-corrected chi connectivity index (χ4v) is 3.70. The van der Waals surface area contributed by atoms with Gasteiger partial charge in [-0.15, -0.1) is 0 Å². The molecule has 128 valence electrons. The molecule has 0 aromatic heterocycles. The Balaban J connectivity index is 1.83. The molecule has 0 bridgehead atoms. The SMILES string of the molecule is CC1C(NCC2CCCCC2)CCCN1C(=O)OC(C)(C)C. The predicted molar refractivity (Wildman–Crippen MR) is 90.0 cm³/mol. The number of nitrogens with one attached hydrogen (secondary N) is 1. The number of likely N-dealkylation sites (tertiary alicyclic amines) is 1. The van der Waals surface area contributed by atoms with E-state index in [4.69, 9.17) is 4.74 Å². The average Bonchev–Trinajstić information content (AvgIpc) is 2.45. The van der Waals surface area contributed by atoms with Crippen molar-refractivity contribution in [1.29, 1.82) is 0 Å². The summed E-state index contributed by atoms with van der Waals surface area (Å²) in [5.74, 6) is 0.831. The van der Waals surface area contributed by atoms with Crippen LogP contribution in [-0.2, 0) is 4.74 Å². The van der Waals surface area contributed by atoms with E-state index >= 15 is 0 Å². The van der Waals surface area contributed by atoms with Crippen molar-refractivity contribution in [3.8, 4) is 0 Å². The quantitative estimate of drug-likeness (QED) is 0.858. The first-order valence-corrected chi connectivity index (χ1v) is 9.10. The zero-order valence-corrected chi connectivity index (χ0v) is 14.9. The fraction of sp³-hybridized carbons (Fsp3) is 0.944. The van der Waals surface area contributed by atoms with Gasteiger partial charge >= 0.3 is 6.09 Å². The van der Waals surface area contributed by atoms with Crippen LogP contribution in [0.1, 0.15) is 72.6 Å². The number of piperidine rings is 1. The lowest BCUT2D eigenvalue weighted by atomic mass is 9.88. The normalized spacial score (nSPS) is 27.7. The molecular weight excluding hydrogens is 276 g/mol. The van der Waals surface area contributed by atoms with Gasteiger partial charge in [0.1, 0.15) is 5.60 Å². The maximum absolute atomic E-state index is 12.4. The second-order valence-electron chi connectivity index (χ2n) is 8.08. The van der Waals surface area contributed by atoms with Crippen molar-refractivity contribution in [3.63, 3.8) is 0 Å². The molecule has 4 heteroatoms. The molecule has 1 saturated heterocycles. The molecule has 2 aliphatic rings. The molecule has 0 aromatic rings. The summed E-state index contributed by atoms with van der Waals surface area (Å²) in [6.45, 7) is 9.87. The summed E-state index contributed by atoms with van der Waals surface area (Å²) in [7, 11) is 0. The Kier molecular flexibility index (Phi) is 6.13. The largest absolute Gasteiger partial charge is 0.444 e. The number of ether oxygens (including phenoxy) is 1. The summed E-state index contributed by atoms with van der Waals surface area (Å²) in [6, 6.07) is 0.621. The Hall–Kier alpha value is -0.770. The predicted octanol–water partition coefficient (Wildman–Crippen LogP) is 3.94. The zero-order valence-electron chi connectivity index (χ0n) is 14.9. The molecule has 1 aliphatic heterocycles. The van der Waals surface area contributed by atoms with Gasteiger partial charge in [0.2, 0.25) is 0 Å². The molecule has 0 radical (unpaired) electrons. The highest BCUT2D eigenvalue weighted by Gasteiger charge is 2.33. The first-order valence-electron chi connectivity index (χ1n) is 9.10. The molecule has 0 spiro atoms. The molecule has 22 heavy (non-hydrogen) atoms. The third-order valence-electron chi connectivity index (χ3n) is 5.01. The first-order chi connectivity index (χ1) is 10.4. The van der Waals surface area contributed by atoms with Gasteiger partial charge in [-0.3, -0.25) is 0 Å². The van der Waals surface area contributed by atoms with Crippen molar-refractivity contribution >= 4 is 6.09 Å². The number of amides is 1. The minimum absolute atomic E-state index is 0.163. The monoisotopic (exact) mass is 310 g/mol. The Morgan fingerprint density at radius 3 is 2.45 bits per heavy atom. The van der Waals surface area contributed by atoms with Crippen LogP contribution in [0.3, 0.4) is 0 Å². The van der Waals surface area contributed by atoms with Gasteiger partial charge in [0.15, 0.2) is 0 Å². The molecule has 2 rings (SSSR count). The van der Waals surface area contributed by atoms with Gasteiger partial charge in [-0.25, -0.2) is 4.79 Å². The zero-order chi connectivity index (χ0) is 16.2. The van der Waals surface area contributed by atoms with Gasteiger partial charge in [0.05, 0.1) is 0 Å². The van der Waals surface area contributed by atoms with Gasteiger partial charge in [-0.2, -0.15) is 0 Å². The van der Waals surface area contributed by atoms with Crippen LogP contribution < -0.4 is 5.32 Å². The van der Waals surface area contributed by atoms with Gasteiger partial charge < -0.3 is 15.0 Å². The molecule has 1 aliphatic carbocycles. The second-order valence-corrected chi connectivity index (χ2v) is 8.08. The number of carbonyl (C=O) groups excluding carboxylic acids is 1. The molecular formula is C18H34N2O2. The van der Waals surface area contributed by atoms with Crippen molar-refractivity contribution < 1.29 is 9.53 Å². The topological polar surface area (TPSA) is 41.6 Å². The van der Waals surface area contributed by atoms with E-state index < -0.39 is 5.60 Å². The molecule has 2 unspecified atom stereocenters. The summed E-state index contributed by atoms with van der Waals surface area (Å²) in [6.07, 6.45) is 8.96. The summed E-state index contributed by atoms with van der Waals surface area (Å²) >= 11 is 0. The smallest absolute Gasteiger partial charge is 0.410 e. The van der Waals surface area contributed by atoms with E-state index in [2.05, 4.69) is 12.2 Å². The Morgan fingerprint density at radius 2 is 1.82 bits per heavy atom. The summed E-state index contributed by atoms with van der Waals surface area (Å²) in [5, 5.41) is 3.74. The lowest BCUT2D eigenvalue weighted by Gasteiger charge is -2.40. The molecule has 1 heterocycles. The maximum Gasteiger partial charge on any atom is 0.410 e. The number of carbonyl (C=O) groups is 1. The summed E-state index contributed by atoms with van der Waals surface area (Å²) in [5.41, 5.74) is -0.417. The Bertz CT molecular complexity index is 359. The molecule has 1 N–H and O–H groups in total. The standard InChI is InChI=1S/C18H34N2O2/c1-14-16(19-13-15-9-6-5-7-10-15)11-8-12-20(14)17(21)22-18(2,3)4/h14-16,19H,5-13H2,1-4H3. The Morgan fingerprint density at radius 1 is 1.14 bits per heavy atom. The van der Waals surface area contributed by atoms with E-state index in [1.165, 1.54) is 32.1 Å². The number of nitrogens with zero attached hydrogens (tertiary/aromatic N) is 1. The van der Waals surface area contributed by atoms with Gasteiger partial charge in [-0.1, -0.05) is 19.3 Å². The average molecular weight is 310 g/mol. The van der Waals surface area contributed by atoms with E-state index in [0.717, 1.165) is 31.8 Å². The molecule has 0 aromatic carbocycles. The van der Waals surface area contributed by atoms with Crippen LogP contribution >= 0.6 is 0 Å². The van der Waals surface area contributed by atoms with Crippen LogP contribution in [0.5, 0.6) is 0 Å². The van der Waals surface area contributed by atoms with E-state index in [0.29, 0.717) is 6.04 Å². The molecule has 2 fully saturated rings. The minimum atomic E-state index is -0.417. The van der Waals surface area contributed by atoms with Crippen molar-refractivity contribution in [2.45, 2.75) is 90.3 Å². The summed E-state index contributed by atoms with van der Waals surface area (Å²) < 4.78 is 5.55. The Labute approximate surface area is 136 Å². The first kappa shape index (κ1) is 17.6. The van der Waals surface area contributed by atoms with Gasteiger partial charge in [-0.05, 0) is 65.8 Å². The minimum Gasteiger partial charge on any atom is -0.444 e. The molecule has 4 nitrogen and oxygen atoms in total. The molecule has 1 amide bonds. The van der Waals surface area contributed by atoms with Crippen LogP contribution in [0.2, 0.25) is 0 Å². The van der Waals surface area contributed by atoms with E-state index in [9.17, 15) is 4.79 Å². The highest BCUT2D eigenvalue weighted by Crippen LogP contribution is 2.25. The lowest BCUT2D eigenvalue weighted by molar-refractivity contribution is 0.00678. The molecule has 1 saturated carbocycles. The van der Waals surface area contributed by atoms with Crippen molar-refractivity contribution in [2.24, 2.45) is 5.92 Å². The van der Waals surface area contributed by atoms with Gasteiger partial charge in [0.25, 0.3) is 0 Å². The summed E-state index contributed by atoms with van der Waals surface area (Å²) in [4.78, 5) is 14.3. The fourth-order valence-electron chi connectivity index (χ4n) is 3.70. The highest BCUT2D eigenvalue weighted by molar-refractivity contribution is 5.68. The van der Waals surface area contributed by atoms with Crippen molar-refractivity contribution in [1.82, 2.24) is 10.2 Å². The number of rotatable bonds is 3. The maximum atomic E-state index is 12.4. The van der Waals surface area contributed by atoms with Crippen LogP contribution in [-0.4, -0.2) is 41.8 Å². The third kappa shape index (κ3) is 5.15. The van der Waals surface area contributed by atoms with E-state index in [1.54, 1.807) is 0 Å².